The largest absolute Gasteiger partial charge is 0.312 e. The van der Waals surface area contributed by atoms with Gasteiger partial charge in [0.2, 0.25) is 0 Å². The third-order valence-electron chi connectivity index (χ3n) is 2.94. The zero-order valence-electron chi connectivity index (χ0n) is 10.2. The predicted octanol–water partition coefficient (Wildman–Crippen LogP) is -1.30. The third kappa shape index (κ3) is 3.36. The fourth-order valence-corrected chi connectivity index (χ4v) is 3.45. The Bertz CT molecular complexity index is 537. The fraction of sp³-hybridized carbons (Fsp3) is 0.700. The van der Waals surface area contributed by atoms with Gasteiger partial charge in [0.15, 0.2) is 9.84 Å². The van der Waals surface area contributed by atoms with Crippen molar-refractivity contribution in [3.8, 4) is 0 Å². The summed E-state index contributed by atoms with van der Waals surface area (Å²) < 4.78 is 24.4. The Labute approximate surface area is 106 Å². The van der Waals surface area contributed by atoms with E-state index in [0.717, 1.165) is 0 Å². The maximum absolute atomic E-state index is 11.8. The maximum atomic E-state index is 11.8. The van der Waals surface area contributed by atoms with E-state index >= 15 is 0 Å². The molecule has 8 heteroatoms. The van der Waals surface area contributed by atoms with Crippen LogP contribution in [0.4, 0.5) is 0 Å². The van der Waals surface area contributed by atoms with Crippen LogP contribution in [-0.2, 0) is 28.1 Å². The molecule has 0 aliphatic carbocycles. The summed E-state index contributed by atoms with van der Waals surface area (Å²) in [5, 5.41) is 6.94. The minimum Gasteiger partial charge on any atom is -0.312 e. The lowest BCUT2D eigenvalue weighted by atomic mass is 10.1. The summed E-state index contributed by atoms with van der Waals surface area (Å²) >= 11 is 0. The third-order valence-corrected chi connectivity index (χ3v) is 4.67. The molecule has 1 aliphatic rings. The lowest BCUT2D eigenvalue weighted by Crippen LogP contribution is -2.46. The van der Waals surface area contributed by atoms with Crippen LogP contribution in [0.3, 0.4) is 0 Å². The van der Waals surface area contributed by atoms with Crippen LogP contribution in [-0.4, -0.2) is 53.1 Å². The van der Waals surface area contributed by atoms with Gasteiger partial charge in [-0.3, -0.25) is 9.48 Å². The molecule has 0 bridgehead atoms. The second-order valence-electron chi connectivity index (χ2n) is 4.48. The standard InChI is InChI=1S/C10H16N4O3S/c1-14-10(12-7-13-14)5-9(15)4-8-6-18(16,17)3-2-11-8/h7-8,11H,2-6H2,1H3. The van der Waals surface area contributed by atoms with Crippen LogP contribution in [0, 0.1) is 0 Å². The molecule has 1 aromatic heterocycles. The highest BCUT2D eigenvalue weighted by molar-refractivity contribution is 7.91. The number of sulfone groups is 1. The first-order valence-corrected chi connectivity index (χ1v) is 7.57. The minimum atomic E-state index is -3.00. The number of ketones is 1. The van der Waals surface area contributed by atoms with Crippen LogP contribution in [0.1, 0.15) is 12.2 Å². The average molecular weight is 272 g/mol. The Hall–Kier alpha value is -1.28. The molecule has 1 unspecified atom stereocenters. The number of nitrogens with zero attached hydrogens (tertiary/aromatic N) is 3. The van der Waals surface area contributed by atoms with Crippen molar-refractivity contribution >= 4 is 15.6 Å². The van der Waals surface area contributed by atoms with Crippen molar-refractivity contribution in [3.63, 3.8) is 0 Å². The van der Waals surface area contributed by atoms with Crippen LogP contribution in [0.2, 0.25) is 0 Å². The van der Waals surface area contributed by atoms with Crippen LogP contribution in [0.25, 0.3) is 0 Å². The van der Waals surface area contributed by atoms with E-state index in [2.05, 4.69) is 15.4 Å². The zero-order valence-corrected chi connectivity index (χ0v) is 11.0. The number of nitrogens with one attached hydrogen (secondary N) is 1. The Morgan fingerprint density at radius 2 is 2.39 bits per heavy atom. The quantitative estimate of drug-likeness (QED) is 0.732. The molecule has 18 heavy (non-hydrogen) atoms. The Morgan fingerprint density at radius 1 is 1.61 bits per heavy atom. The molecule has 0 radical (unpaired) electrons. The number of aromatic nitrogens is 3. The second kappa shape index (κ2) is 5.15. The van der Waals surface area contributed by atoms with Crippen molar-refractivity contribution in [3.05, 3.63) is 12.2 Å². The smallest absolute Gasteiger partial charge is 0.153 e. The van der Waals surface area contributed by atoms with Gasteiger partial charge in [-0.2, -0.15) is 5.10 Å². The summed E-state index contributed by atoms with van der Waals surface area (Å²) in [4.78, 5) is 15.8. The van der Waals surface area contributed by atoms with E-state index in [1.807, 2.05) is 0 Å². The average Bonchev–Trinajstić information content (AvgIpc) is 2.62. The van der Waals surface area contributed by atoms with Crippen molar-refractivity contribution in [1.29, 1.82) is 0 Å². The van der Waals surface area contributed by atoms with Crippen LogP contribution >= 0.6 is 0 Å². The summed E-state index contributed by atoms with van der Waals surface area (Å²) in [6, 6.07) is -0.274. The summed E-state index contributed by atoms with van der Waals surface area (Å²) in [6.45, 7) is 0.421. The molecule has 0 spiro atoms. The Balaban J connectivity index is 1.90. The lowest BCUT2D eigenvalue weighted by molar-refractivity contribution is -0.119. The van der Waals surface area contributed by atoms with E-state index in [1.165, 1.54) is 6.33 Å². The maximum Gasteiger partial charge on any atom is 0.153 e. The van der Waals surface area contributed by atoms with Crippen LogP contribution in [0.5, 0.6) is 0 Å². The molecule has 100 valence electrons. The van der Waals surface area contributed by atoms with Crippen molar-refractivity contribution < 1.29 is 13.2 Å². The highest BCUT2D eigenvalue weighted by Gasteiger charge is 2.26. The molecule has 2 heterocycles. The molecule has 0 amide bonds. The molecule has 2 rings (SSSR count). The lowest BCUT2D eigenvalue weighted by Gasteiger charge is -2.22. The fourth-order valence-electron chi connectivity index (χ4n) is 2.00. The van der Waals surface area contributed by atoms with Crippen LogP contribution in [0.15, 0.2) is 6.33 Å². The monoisotopic (exact) mass is 272 g/mol. The SMILES string of the molecule is Cn1ncnc1CC(=O)CC1CS(=O)(=O)CCN1. The summed E-state index contributed by atoms with van der Waals surface area (Å²) in [7, 11) is -1.27. The summed E-state index contributed by atoms with van der Waals surface area (Å²) in [5.74, 6) is 0.762. The molecule has 1 aliphatic heterocycles. The Morgan fingerprint density at radius 3 is 3.00 bits per heavy atom. The number of aryl methyl sites for hydroxylation is 1. The number of hydrogen-bond acceptors (Lipinski definition) is 6. The van der Waals surface area contributed by atoms with Crippen molar-refractivity contribution in [2.24, 2.45) is 7.05 Å². The molecular formula is C10H16N4O3S. The molecule has 0 saturated carbocycles. The zero-order chi connectivity index (χ0) is 13.2. The van der Waals surface area contributed by atoms with E-state index in [0.29, 0.717) is 12.4 Å². The van der Waals surface area contributed by atoms with Gasteiger partial charge in [0.1, 0.15) is 17.9 Å². The molecule has 1 saturated heterocycles. The molecule has 7 nitrogen and oxygen atoms in total. The van der Waals surface area contributed by atoms with Gasteiger partial charge in [0.25, 0.3) is 0 Å². The summed E-state index contributed by atoms with van der Waals surface area (Å²) in [5.41, 5.74) is 0. The van der Waals surface area contributed by atoms with Gasteiger partial charge in [-0.1, -0.05) is 0 Å². The van der Waals surface area contributed by atoms with E-state index in [1.54, 1.807) is 11.7 Å². The van der Waals surface area contributed by atoms with Gasteiger partial charge in [0.05, 0.1) is 17.9 Å². The van der Waals surface area contributed by atoms with Gasteiger partial charge in [-0.25, -0.2) is 13.4 Å². The topological polar surface area (TPSA) is 93.9 Å². The number of hydrogen-bond donors (Lipinski definition) is 1. The molecule has 0 aromatic carbocycles. The van der Waals surface area contributed by atoms with E-state index in [-0.39, 0.29) is 36.2 Å². The van der Waals surface area contributed by atoms with Gasteiger partial charge >= 0.3 is 0 Å². The van der Waals surface area contributed by atoms with E-state index in [9.17, 15) is 13.2 Å². The van der Waals surface area contributed by atoms with Crippen molar-refractivity contribution in [2.75, 3.05) is 18.1 Å². The predicted molar refractivity (Wildman–Crippen MR) is 64.8 cm³/mol. The Kier molecular flexibility index (Phi) is 3.76. The first kappa shape index (κ1) is 13.2. The molecule has 1 atom stereocenters. The van der Waals surface area contributed by atoms with Gasteiger partial charge in [-0.15, -0.1) is 0 Å². The number of rotatable bonds is 4. The van der Waals surface area contributed by atoms with Crippen molar-refractivity contribution in [1.82, 2.24) is 20.1 Å². The number of Topliss-reactive ketones (excluding diaryl/α,β-unsaturated/α-hetero) is 1. The van der Waals surface area contributed by atoms with E-state index < -0.39 is 9.84 Å². The van der Waals surface area contributed by atoms with E-state index in [4.69, 9.17) is 0 Å². The molecule has 1 fully saturated rings. The molecule has 1 aromatic rings. The second-order valence-corrected chi connectivity index (χ2v) is 6.71. The minimum absolute atomic E-state index is 0.0271. The molecular weight excluding hydrogens is 256 g/mol. The van der Waals surface area contributed by atoms with Crippen LogP contribution < -0.4 is 5.32 Å². The first-order chi connectivity index (χ1) is 8.46. The summed E-state index contributed by atoms with van der Waals surface area (Å²) in [6.07, 6.45) is 1.80. The van der Waals surface area contributed by atoms with Crippen molar-refractivity contribution in [2.45, 2.75) is 18.9 Å². The first-order valence-electron chi connectivity index (χ1n) is 5.75. The molecule has 1 N–H and O–H groups in total. The normalized spacial score (nSPS) is 22.8. The number of carbonyl (C=O) groups is 1. The van der Waals surface area contributed by atoms with Gasteiger partial charge in [0, 0.05) is 26.1 Å². The highest BCUT2D eigenvalue weighted by atomic mass is 32.2. The highest BCUT2D eigenvalue weighted by Crippen LogP contribution is 2.07. The van der Waals surface area contributed by atoms with Gasteiger partial charge < -0.3 is 5.32 Å². The number of carbonyl (C=O) groups excluding carboxylic acids is 1. The van der Waals surface area contributed by atoms with Gasteiger partial charge in [-0.05, 0) is 0 Å².